The molecule has 2 aromatic heterocycles. The van der Waals surface area contributed by atoms with Crippen molar-refractivity contribution in [1.29, 1.82) is 0 Å². The minimum Gasteiger partial charge on any atom is -0.345 e. The highest BCUT2D eigenvalue weighted by Crippen LogP contribution is 2.44. The predicted octanol–water partition coefficient (Wildman–Crippen LogP) is 5.37. The van der Waals surface area contributed by atoms with Crippen molar-refractivity contribution in [2.75, 3.05) is 26.5 Å². The van der Waals surface area contributed by atoms with Gasteiger partial charge in [-0.25, -0.2) is 9.67 Å². The van der Waals surface area contributed by atoms with Crippen LogP contribution in [0.5, 0.6) is 0 Å². The van der Waals surface area contributed by atoms with E-state index >= 15 is 0 Å². The van der Waals surface area contributed by atoms with Crippen LogP contribution in [0.4, 0.5) is 5.13 Å². The van der Waals surface area contributed by atoms with Gasteiger partial charge < -0.3 is 10.2 Å². The second-order valence-corrected chi connectivity index (χ2v) is 10.6. The molecule has 1 aliphatic rings. The van der Waals surface area contributed by atoms with Crippen LogP contribution >= 0.6 is 11.3 Å². The normalized spacial score (nSPS) is 13.1. The Morgan fingerprint density at radius 2 is 2.03 bits per heavy atom. The van der Waals surface area contributed by atoms with Crippen LogP contribution in [0.25, 0.3) is 21.8 Å². The first-order chi connectivity index (χ1) is 17.7. The molecule has 0 unspecified atom stereocenters. The lowest BCUT2D eigenvalue weighted by Gasteiger charge is -2.19. The lowest BCUT2D eigenvalue weighted by molar-refractivity contribution is -0.114. The number of hydrogen-bond donors (Lipinski definition) is 1. The summed E-state index contributed by atoms with van der Waals surface area (Å²) >= 11 is 1.48. The number of hydrogen-bond acceptors (Lipinski definition) is 6. The molecule has 2 amide bonds. The lowest BCUT2D eigenvalue weighted by atomic mass is 9.94. The summed E-state index contributed by atoms with van der Waals surface area (Å²) in [5, 5.41) is 8.61. The molecule has 0 radical (unpaired) electrons. The van der Waals surface area contributed by atoms with E-state index in [1.165, 1.54) is 18.3 Å². The van der Waals surface area contributed by atoms with Gasteiger partial charge in [-0.3, -0.25) is 14.6 Å². The fourth-order valence-electron chi connectivity index (χ4n) is 4.65. The third-order valence-electron chi connectivity index (χ3n) is 6.29. The van der Waals surface area contributed by atoms with E-state index in [9.17, 15) is 9.59 Å². The van der Waals surface area contributed by atoms with Gasteiger partial charge in [-0.05, 0) is 48.9 Å². The first-order valence-corrected chi connectivity index (χ1v) is 13.4. The van der Waals surface area contributed by atoms with Crippen LogP contribution < -0.4 is 5.32 Å². The van der Waals surface area contributed by atoms with E-state index in [1.807, 2.05) is 29.1 Å². The summed E-state index contributed by atoms with van der Waals surface area (Å²) in [6, 6.07) is 5.84. The molecular weight excluding hydrogens is 484 g/mol. The van der Waals surface area contributed by atoms with Gasteiger partial charge in [0.25, 0.3) is 5.91 Å². The molecule has 2 heterocycles. The van der Waals surface area contributed by atoms with Crippen molar-refractivity contribution in [2.45, 2.75) is 52.9 Å². The molecule has 1 aromatic carbocycles. The van der Waals surface area contributed by atoms with Crippen molar-refractivity contribution in [3.8, 4) is 16.3 Å². The molecule has 0 bridgehead atoms. The van der Waals surface area contributed by atoms with E-state index in [2.05, 4.69) is 37.2 Å². The molecule has 8 nitrogen and oxygen atoms in total. The molecule has 4 rings (SSSR count). The molecule has 3 aromatic rings. The summed E-state index contributed by atoms with van der Waals surface area (Å²) in [7, 11) is 5.29. The largest absolute Gasteiger partial charge is 0.345 e. The minimum atomic E-state index is -0.143. The molecule has 9 heteroatoms. The van der Waals surface area contributed by atoms with Crippen molar-refractivity contribution in [1.82, 2.24) is 19.7 Å². The number of benzene rings is 1. The smallest absolute Gasteiger partial charge is 0.253 e. The zero-order valence-corrected chi connectivity index (χ0v) is 23.4. The van der Waals surface area contributed by atoms with Crippen molar-refractivity contribution in [3.05, 3.63) is 52.4 Å². The number of nitrogens with zero attached hydrogens (tertiary/aromatic N) is 5. The van der Waals surface area contributed by atoms with Gasteiger partial charge in [0.1, 0.15) is 0 Å². The van der Waals surface area contributed by atoms with Crippen molar-refractivity contribution in [3.63, 3.8) is 0 Å². The molecule has 0 saturated carbocycles. The number of aromatic nitrogens is 3. The maximum absolute atomic E-state index is 12.7. The summed E-state index contributed by atoms with van der Waals surface area (Å²) < 4.78 is 2.00. The maximum atomic E-state index is 12.7. The van der Waals surface area contributed by atoms with E-state index in [-0.39, 0.29) is 17.7 Å². The van der Waals surface area contributed by atoms with Gasteiger partial charge in [-0.2, -0.15) is 5.10 Å². The Morgan fingerprint density at radius 1 is 1.27 bits per heavy atom. The van der Waals surface area contributed by atoms with Crippen molar-refractivity contribution in [2.24, 2.45) is 4.99 Å². The van der Waals surface area contributed by atoms with Crippen LogP contribution in [0.15, 0.2) is 29.3 Å². The van der Waals surface area contributed by atoms with Gasteiger partial charge in [-0.1, -0.05) is 38.2 Å². The van der Waals surface area contributed by atoms with Crippen molar-refractivity contribution < 1.29 is 9.59 Å². The quantitative estimate of drug-likeness (QED) is 0.426. The van der Waals surface area contributed by atoms with Gasteiger partial charge >= 0.3 is 0 Å². The highest BCUT2D eigenvalue weighted by Gasteiger charge is 2.31. The highest BCUT2D eigenvalue weighted by molar-refractivity contribution is 7.19. The van der Waals surface area contributed by atoms with Gasteiger partial charge in [0.2, 0.25) is 5.91 Å². The predicted molar refractivity (Wildman–Crippen MR) is 151 cm³/mol. The summed E-state index contributed by atoms with van der Waals surface area (Å²) in [5.74, 6) is -0.0136. The van der Waals surface area contributed by atoms with Crippen LogP contribution in [0.1, 0.15) is 72.9 Å². The second-order valence-electron chi connectivity index (χ2n) is 9.65. The van der Waals surface area contributed by atoms with Gasteiger partial charge in [0.05, 0.1) is 27.6 Å². The first-order valence-electron chi connectivity index (χ1n) is 12.5. The van der Waals surface area contributed by atoms with Crippen LogP contribution in [-0.4, -0.2) is 58.8 Å². The van der Waals surface area contributed by atoms with Gasteiger partial charge in [0.15, 0.2) is 5.13 Å². The number of nitrogens with one attached hydrogen (secondary N) is 1. The molecule has 0 fully saturated rings. The number of fused-ring (bicyclic) bond motifs is 3. The topological polar surface area (TPSA) is 92.5 Å². The number of amides is 2. The third kappa shape index (κ3) is 5.13. The van der Waals surface area contributed by atoms with E-state index in [0.717, 1.165) is 63.6 Å². The monoisotopic (exact) mass is 518 g/mol. The summed E-state index contributed by atoms with van der Waals surface area (Å²) in [5.41, 5.74) is 7.61. The number of carbonyl (C=O) groups is 2. The molecule has 194 valence electrons. The molecule has 0 atom stereocenters. The van der Waals surface area contributed by atoms with E-state index < -0.39 is 0 Å². The Morgan fingerprint density at radius 3 is 2.65 bits per heavy atom. The van der Waals surface area contributed by atoms with Crippen molar-refractivity contribution >= 4 is 40.1 Å². The maximum Gasteiger partial charge on any atom is 0.253 e. The van der Waals surface area contributed by atoms with E-state index in [1.54, 1.807) is 26.0 Å². The first kappa shape index (κ1) is 26.5. The average Bonchev–Trinajstić information content (AvgIpc) is 3.43. The van der Waals surface area contributed by atoms with Crippen LogP contribution in [0.3, 0.4) is 0 Å². The summed E-state index contributed by atoms with van der Waals surface area (Å²) in [4.78, 5) is 36.1. The number of anilines is 1. The zero-order valence-electron chi connectivity index (χ0n) is 22.5. The molecule has 0 spiro atoms. The molecule has 1 N–H and O–H groups in total. The SMILES string of the molecule is CC/C=C(\C=NC)c1nn(-c2ccc(C(=O)N(C)C)cc2C(C)C)c2c1CCc1nc(NC(C)=O)sc1-2. The van der Waals surface area contributed by atoms with Gasteiger partial charge in [-0.15, -0.1) is 0 Å². The Balaban J connectivity index is 2.00. The number of aryl methyl sites for hydroxylation is 1. The fourth-order valence-corrected chi connectivity index (χ4v) is 5.77. The van der Waals surface area contributed by atoms with E-state index in [0.29, 0.717) is 10.7 Å². The number of thiazole rings is 1. The molecular formula is C28H34N6O2S. The number of carbonyl (C=O) groups excluding carboxylic acids is 2. The highest BCUT2D eigenvalue weighted by atomic mass is 32.1. The number of rotatable bonds is 7. The standard InChI is InChI=1S/C28H34N6O2S/c1-8-9-19(15-29-5)24-20-11-12-22-26(37-28(31-22)30-17(4)35)25(20)34(32-24)23-13-10-18(27(36)33(6)7)14-21(23)16(2)3/h9-10,13-16H,8,11-12H2,1-7H3,(H,30,31,35)/b19-9+,29-15?. The Hall–Kier alpha value is -3.59. The molecule has 0 saturated heterocycles. The second kappa shape index (κ2) is 10.8. The number of allylic oxidation sites excluding steroid dienone is 2. The Bertz CT molecular complexity index is 1410. The fraction of sp³-hybridized carbons (Fsp3) is 0.393. The summed E-state index contributed by atoms with van der Waals surface area (Å²) in [6.45, 7) is 7.84. The third-order valence-corrected chi connectivity index (χ3v) is 7.31. The molecule has 37 heavy (non-hydrogen) atoms. The lowest BCUT2D eigenvalue weighted by Crippen LogP contribution is -2.22. The van der Waals surface area contributed by atoms with Crippen LogP contribution in [0, 0.1) is 0 Å². The Kier molecular flexibility index (Phi) is 7.73. The molecule has 1 aliphatic carbocycles. The van der Waals surface area contributed by atoms with Crippen LogP contribution in [-0.2, 0) is 17.6 Å². The average molecular weight is 519 g/mol. The zero-order chi connectivity index (χ0) is 26.9. The Labute approximate surface area is 222 Å². The van der Waals surface area contributed by atoms with E-state index in [4.69, 9.17) is 10.1 Å². The summed E-state index contributed by atoms with van der Waals surface area (Å²) in [6.07, 6.45) is 6.43. The van der Waals surface area contributed by atoms with Crippen LogP contribution in [0.2, 0.25) is 0 Å². The number of aliphatic imine (C=N–C) groups is 1. The van der Waals surface area contributed by atoms with Gasteiger partial charge in [0, 0.05) is 51.0 Å². The molecule has 0 aliphatic heterocycles. The minimum absolute atomic E-state index is 0.0337.